The summed E-state index contributed by atoms with van der Waals surface area (Å²) in [5.74, 6) is 0.928. The predicted octanol–water partition coefficient (Wildman–Crippen LogP) is 3.78. The van der Waals surface area contributed by atoms with Crippen LogP contribution < -0.4 is 5.32 Å². The summed E-state index contributed by atoms with van der Waals surface area (Å²) in [7, 11) is 0. The average molecular weight is 288 g/mol. The molecule has 1 heterocycles. The fourth-order valence-corrected chi connectivity index (χ4v) is 2.40. The minimum Gasteiger partial charge on any atom is -0.469 e. The zero-order valence-corrected chi connectivity index (χ0v) is 12.5. The predicted molar refractivity (Wildman–Crippen MR) is 81.3 cm³/mol. The molecule has 5 nitrogen and oxygen atoms in total. The Morgan fingerprint density at radius 1 is 1.33 bits per heavy atom. The lowest BCUT2D eigenvalue weighted by Crippen LogP contribution is -2.30. The van der Waals surface area contributed by atoms with Crippen LogP contribution in [0.2, 0.25) is 0 Å². The highest BCUT2D eigenvalue weighted by Crippen LogP contribution is 2.23. The van der Waals surface area contributed by atoms with Gasteiger partial charge >= 0.3 is 0 Å². The van der Waals surface area contributed by atoms with Gasteiger partial charge in [-0.3, -0.25) is 10.1 Å². The van der Waals surface area contributed by atoms with E-state index in [1.165, 1.54) is 0 Å². The lowest BCUT2D eigenvalue weighted by Gasteiger charge is -2.20. The molecule has 2 unspecified atom stereocenters. The van der Waals surface area contributed by atoms with Gasteiger partial charge in [-0.2, -0.15) is 0 Å². The van der Waals surface area contributed by atoms with Gasteiger partial charge in [0.05, 0.1) is 11.2 Å². The maximum Gasteiger partial charge on any atom is 0.272 e. The second-order valence-corrected chi connectivity index (χ2v) is 5.38. The van der Waals surface area contributed by atoms with Gasteiger partial charge in [0.25, 0.3) is 5.69 Å². The third-order valence-corrected chi connectivity index (χ3v) is 3.55. The van der Waals surface area contributed by atoms with Crippen molar-refractivity contribution in [2.45, 2.75) is 39.3 Å². The molecule has 0 saturated heterocycles. The summed E-state index contributed by atoms with van der Waals surface area (Å²) >= 11 is 0. The minimum absolute atomic E-state index is 0.0364. The van der Waals surface area contributed by atoms with Crippen molar-refractivity contribution in [3.05, 3.63) is 63.6 Å². The van der Waals surface area contributed by atoms with Crippen LogP contribution in [0.3, 0.4) is 0 Å². The van der Waals surface area contributed by atoms with E-state index in [1.54, 1.807) is 25.3 Å². The van der Waals surface area contributed by atoms with E-state index in [-0.39, 0.29) is 22.7 Å². The number of nitro benzene ring substituents is 1. The molecule has 0 spiro atoms. The highest BCUT2D eigenvalue weighted by Gasteiger charge is 2.16. The third-order valence-electron chi connectivity index (χ3n) is 3.55. The second-order valence-electron chi connectivity index (χ2n) is 5.38. The van der Waals surface area contributed by atoms with Crippen molar-refractivity contribution in [2.24, 2.45) is 0 Å². The van der Waals surface area contributed by atoms with E-state index >= 15 is 0 Å². The van der Waals surface area contributed by atoms with Gasteiger partial charge in [0.2, 0.25) is 0 Å². The van der Waals surface area contributed by atoms with E-state index in [1.807, 2.05) is 25.1 Å². The summed E-state index contributed by atoms with van der Waals surface area (Å²) in [6.45, 7) is 5.83. The van der Waals surface area contributed by atoms with Crippen molar-refractivity contribution in [1.29, 1.82) is 0 Å². The van der Waals surface area contributed by atoms with Crippen molar-refractivity contribution in [2.75, 3.05) is 0 Å². The second kappa shape index (κ2) is 6.54. The largest absolute Gasteiger partial charge is 0.469 e. The maximum atomic E-state index is 11.0. The Labute approximate surface area is 124 Å². The van der Waals surface area contributed by atoms with Crippen LogP contribution >= 0.6 is 0 Å². The summed E-state index contributed by atoms with van der Waals surface area (Å²) in [5, 5.41) is 14.4. The van der Waals surface area contributed by atoms with E-state index in [0.29, 0.717) is 5.56 Å². The van der Waals surface area contributed by atoms with Crippen LogP contribution in [0.5, 0.6) is 0 Å². The molecular formula is C16H20N2O3. The number of furan rings is 1. The standard InChI is InChI=1S/C16H20N2O3/c1-11-6-7-14(10-16(11)18(19)20)13(3)17-12(2)9-15-5-4-8-21-15/h4-8,10,12-13,17H,9H2,1-3H3. The number of rotatable bonds is 6. The number of nitrogens with zero attached hydrogens (tertiary/aromatic N) is 1. The van der Waals surface area contributed by atoms with E-state index in [4.69, 9.17) is 4.42 Å². The van der Waals surface area contributed by atoms with Crippen LogP contribution in [0.25, 0.3) is 0 Å². The molecule has 0 aliphatic rings. The third kappa shape index (κ3) is 3.92. The van der Waals surface area contributed by atoms with E-state index in [9.17, 15) is 10.1 Å². The molecule has 0 radical (unpaired) electrons. The molecule has 1 aromatic carbocycles. The molecule has 21 heavy (non-hydrogen) atoms. The summed E-state index contributed by atoms with van der Waals surface area (Å²) in [6.07, 6.45) is 2.44. The monoisotopic (exact) mass is 288 g/mol. The Kier molecular flexibility index (Phi) is 4.75. The Morgan fingerprint density at radius 3 is 2.71 bits per heavy atom. The first-order valence-corrected chi connectivity index (χ1v) is 7.00. The van der Waals surface area contributed by atoms with Crippen molar-refractivity contribution in [1.82, 2.24) is 5.32 Å². The molecule has 0 aliphatic carbocycles. The highest BCUT2D eigenvalue weighted by molar-refractivity contribution is 5.43. The Hall–Kier alpha value is -2.14. The molecule has 2 aromatic rings. The number of aryl methyl sites for hydroxylation is 1. The van der Waals surface area contributed by atoms with Crippen LogP contribution in [0, 0.1) is 17.0 Å². The van der Waals surface area contributed by atoms with Gasteiger partial charge in [-0.1, -0.05) is 12.1 Å². The van der Waals surface area contributed by atoms with Crippen molar-refractivity contribution < 1.29 is 9.34 Å². The summed E-state index contributed by atoms with van der Waals surface area (Å²) in [6, 6.07) is 9.43. The zero-order valence-electron chi connectivity index (χ0n) is 12.5. The number of nitrogens with one attached hydrogen (secondary N) is 1. The average Bonchev–Trinajstić information content (AvgIpc) is 2.91. The molecule has 0 bridgehead atoms. The first-order valence-electron chi connectivity index (χ1n) is 7.00. The first-order chi connectivity index (χ1) is 9.97. The number of nitro groups is 1. The molecule has 1 N–H and O–H groups in total. The van der Waals surface area contributed by atoms with E-state index in [2.05, 4.69) is 12.2 Å². The zero-order chi connectivity index (χ0) is 15.4. The van der Waals surface area contributed by atoms with Crippen LogP contribution in [-0.4, -0.2) is 11.0 Å². The fourth-order valence-electron chi connectivity index (χ4n) is 2.40. The van der Waals surface area contributed by atoms with Crippen molar-refractivity contribution in [3.63, 3.8) is 0 Å². The normalized spacial score (nSPS) is 13.9. The Morgan fingerprint density at radius 2 is 2.10 bits per heavy atom. The lowest BCUT2D eigenvalue weighted by atomic mass is 10.0. The SMILES string of the molecule is Cc1ccc(C(C)NC(C)Cc2ccco2)cc1[N+](=O)[O-]. The number of benzene rings is 1. The van der Waals surface area contributed by atoms with Crippen LogP contribution in [0.1, 0.15) is 36.8 Å². The van der Waals surface area contributed by atoms with Gasteiger partial charge in [0.15, 0.2) is 0 Å². The van der Waals surface area contributed by atoms with Gasteiger partial charge in [0.1, 0.15) is 5.76 Å². The van der Waals surface area contributed by atoms with Gasteiger partial charge in [-0.25, -0.2) is 0 Å². The van der Waals surface area contributed by atoms with Crippen LogP contribution in [-0.2, 0) is 6.42 Å². The molecule has 0 saturated carbocycles. The van der Waals surface area contributed by atoms with E-state index < -0.39 is 0 Å². The summed E-state index contributed by atoms with van der Waals surface area (Å²) in [4.78, 5) is 10.7. The molecule has 5 heteroatoms. The summed E-state index contributed by atoms with van der Waals surface area (Å²) in [5.41, 5.74) is 1.76. The van der Waals surface area contributed by atoms with Gasteiger partial charge in [-0.15, -0.1) is 0 Å². The molecule has 0 amide bonds. The first kappa shape index (κ1) is 15.3. The molecule has 2 atom stereocenters. The number of hydrogen-bond acceptors (Lipinski definition) is 4. The smallest absolute Gasteiger partial charge is 0.272 e. The maximum absolute atomic E-state index is 11.0. The van der Waals surface area contributed by atoms with Gasteiger partial charge < -0.3 is 9.73 Å². The molecule has 0 fully saturated rings. The quantitative estimate of drug-likeness (QED) is 0.649. The Balaban J connectivity index is 2.04. The molecular weight excluding hydrogens is 268 g/mol. The molecule has 0 aliphatic heterocycles. The minimum atomic E-state index is -0.335. The topological polar surface area (TPSA) is 68.3 Å². The van der Waals surface area contributed by atoms with Crippen molar-refractivity contribution >= 4 is 5.69 Å². The highest BCUT2D eigenvalue weighted by atomic mass is 16.6. The molecule has 112 valence electrons. The van der Waals surface area contributed by atoms with E-state index in [0.717, 1.165) is 17.7 Å². The molecule has 2 rings (SSSR count). The van der Waals surface area contributed by atoms with Gasteiger partial charge in [-0.05, 0) is 38.5 Å². The molecule has 1 aromatic heterocycles. The Bertz CT molecular complexity index is 608. The fraction of sp³-hybridized carbons (Fsp3) is 0.375. The number of hydrogen-bond donors (Lipinski definition) is 1. The van der Waals surface area contributed by atoms with Crippen LogP contribution in [0.4, 0.5) is 5.69 Å². The lowest BCUT2D eigenvalue weighted by molar-refractivity contribution is -0.385. The summed E-state index contributed by atoms with van der Waals surface area (Å²) < 4.78 is 5.33. The van der Waals surface area contributed by atoms with Gasteiger partial charge in [0, 0.05) is 30.1 Å². The van der Waals surface area contributed by atoms with Crippen LogP contribution in [0.15, 0.2) is 41.0 Å². The van der Waals surface area contributed by atoms with Crippen molar-refractivity contribution in [3.8, 4) is 0 Å².